The fourth-order valence-electron chi connectivity index (χ4n) is 4.56. The highest BCUT2D eigenvalue weighted by Crippen LogP contribution is 2.36. The number of ether oxygens (including phenoxy) is 1. The van der Waals surface area contributed by atoms with Crippen LogP contribution in [-0.2, 0) is 16.6 Å². The molecule has 1 saturated heterocycles. The lowest BCUT2D eigenvalue weighted by molar-refractivity contribution is -0.150. The van der Waals surface area contributed by atoms with Crippen LogP contribution >= 0.6 is 11.6 Å². The lowest BCUT2D eigenvalue weighted by atomic mass is 9.74. The number of anilines is 3. The maximum Gasteiger partial charge on any atom is 0.309 e. The van der Waals surface area contributed by atoms with Gasteiger partial charge in [0, 0.05) is 38.3 Å². The minimum Gasteiger partial charge on any atom is -0.481 e. The van der Waals surface area contributed by atoms with Gasteiger partial charge in [0.15, 0.2) is 18.2 Å². The third-order valence-corrected chi connectivity index (χ3v) is 7.45. The van der Waals surface area contributed by atoms with Gasteiger partial charge in [-0.15, -0.1) is 0 Å². The molecule has 0 bridgehead atoms. The standard InChI is InChI=1S/C26H31ClN6O5/c1-26(2,24(36)37)16-7-9-33(10-8-16)25-29-13-18(27)22(31-25)30-17-5-6-19-15(11-17)12-20(23(35)32(19)4)38-14-21(34)28-3/h5-6,11-13,16H,7-10,14H2,1-4H3,(H,28,34)(H,36,37)(H,29,30,31). The summed E-state index contributed by atoms with van der Waals surface area (Å²) in [7, 11) is 3.13. The minimum absolute atomic E-state index is 0.0672. The maximum absolute atomic E-state index is 12.6. The normalized spacial score (nSPS) is 14.4. The number of nitrogens with one attached hydrogen (secondary N) is 2. The first-order valence-corrected chi connectivity index (χ1v) is 12.6. The van der Waals surface area contributed by atoms with Gasteiger partial charge in [-0.3, -0.25) is 14.4 Å². The molecule has 4 rings (SSSR count). The summed E-state index contributed by atoms with van der Waals surface area (Å²) in [6, 6.07) is 7.04. The summed E-state index contributed by atoms with van der Waals surface area (Å²) >= 11 is 6.40. The predicted molar refractivity (Wildman–Crippen MR) is 145 cm³/mol. The van der Waals surface area contributed by atoms with Gasteiger partial charge >= 0.3 is 5.97 Å². The van der Waals surface area contributed by atoms with Crippen LogP contribution in [0.15, 0.2) is 35.3 Å². The Morgan fingerprint density at radius 3 is 2.61 bits per heavy atom. The van der Waals surface area contributed by atoms with Crippen molar-refractivity contribution in [1.29, 1.82) is 0 Å². The largest absolute Gasteiger partial charge is 0.481 e. The molecule has 12 heteroatoms. The van der Waals surface area contributed by atoms with E-state index in [4.69, 9.17) is 16.3 Å². The molecule has 202 valence electrons. The number of aryl methyl sites for hydroxylation is 1. The smallest absolute Gasteiger partial charge is 0.309 e. The van der Waals surface area contributed by atoms with Gasteiger partial charge in [-0.05, 0) is 56.9 Å². The fourth-order valence-corrected chi connectivity index (χ4v) is 4.70. The highest BCUT2D eigenvalue weighted by molar-refractivity contribution is 6.32. The number of aliphatic carboxylic acids is 1. The number of carbonyl (C=O) groups excluding carboxylic acids is 1. The number of carboxylic acids is 1. The average molecular weight is 543 g/mol. The monoisotopic (exact) mass is 542 g/mol. The molecule has 11 nitrogen and oxygen atoms in total. The zero-order valence-corrected chi connectivity index (χ0v) is 22.5. The number of fused-ring (bicyclic) bond motifs is 1. The molecule has 38 heavy (non-hydrogen) atoms. The van der Waals surface area contributed by atoms with E-state index in [1.54, 1.807) is 33.0 Å². The first-order chi connectivity index (χ1) is 18.0. The number of benzene rings is 1. The van der Waals surface area contributed by atoms with Crippen molar-refractivity contribution in [2.24, 2.45) is 18.4 Å². The number of pyridine rings is 1. The summed E-state index contributed by atoms with van der Waals surface area (Å²) in [4.78, 5) is 46.9. The highest BCUT2D eigenvalue weighted by Gasteiger charge is 2.38. The molecule has 1 amide bonds. The van der Waals surface area contributed by atoms with Crippen molar-refractivity contribution >= 4 is 51.8 Å². The molecular weight excluding hydrogens is 512 g/mol. The number of piperidine rings is 1. The van der Waals surface area contributed by atoms with Crippen LogP contribution in [0.5, 0.6) is 5.75 Å². The Bertz CT molecular complexity index is 1430. The van der Waals surface area contributed by atoms with Crippen LogP contribution in [0.3, 0.4) is 0 Å². The molecule has 0 spiro atoms. The van der Waals surface area contributed by atoms with Gasteiger partial charge in [-0.25, -0.2) is 4.98 Å². The van der Waals surface area contributed by atoms with E-state index >= 15 is 0 Å². The number of nitrogens with zero attached hydrogens (tertiary/aromatic N) is 4. The topological polar surface area (TPSA) is 139 Å². The number of hydrogen-bond donors (Lipinski definition) is 3. The molecule has 0 radical (unpaired) electrons. The zero-order valence-electron chi connectivity index (χ0n) is 21.7. The van der Waals surface area contributed by atoms with Crippen LogP contribution in [0.4, 0.5) is 17.5 Å². The van der Waals surface area contributed by atoms with E-state index in [0.717, 1.165) is 18.2 Å². The molecule has 0 saturated carbocycles. The average Bonchev–Trinajstić information content (AvgIpc) is 2.90. The van der Waals surface area contributed by atoms with Crippen LogP contribution in [0.2, 0.25) is 5.02 Å². The Balaban J connectivity index is 1.54. The Morgan fingerprint density at radius 1 is 1.24 bits per heavy atom. The van der Waals surface area contributed by atoms with Gasteiger partial charge in [0.25, 0.3) is 11.5 Å². The van der Waals surface area contributed by atoms with Crippen molar-refractivity contribution in [2.75, 3.05) is 37.0 Å². The molecule has 0 aliphatic carbocycles. The van der Waals surface area contributed by atoms with E-state index in [2.05, 4.69) is 20.6 Å². The quantitative estimate of drug-likeness (QED) is 0.391. The number of amides is 1. The molecule has 1 aliphatic heterocycles. The molecule has 3 N–H and O–H groups in total. The number of hydrogen-bond acceptors (Lipinski definition) is 8. The first-order valence-electron chi connectivity index (χ1n) is 12.3. The van der Waals surface area contributed by atoms with E-state index in [1.165, 1.54) is 17.8 Å². The molecule has 2 aromatic heterocycles. The molecule has 1 aromatic carbocycles. The fraction of sp³-hybridized carbons (Fsp3) is 0.423. The van der Waals surface area contributed by atoms with E-state index in [1.807, 2.05) is 17.0 Å². The minimum atomic E-state index is -0.786. The summed E-state index contributed by atoms with van der Waals surface area (Å²) in [5.74, 6) is -0.0589. The van der Waals surface area contributed by atoms with Crippen LogP contribution in [0.1, 0.15) is 26.7 Å². The number of rotatable bonds is 8. The van der Waals surface area contributed by atoms with Crippen molar-refractivity contribution < 1.29 is 19.4 Å². The zero-order chi connectivity index (χ0) is 27.6. The van der Waals surface area contributed by atoms with Crippen LogP contribution in [-0.4, -0.2) is 58.3 Å². The third-order valence-electron chi connectivity index (χ3n) is 7.17. The summed E-state index contributed by atoms with van der Waals surface area (Å²) in [5.41, 5.74) is 0.240. The summed E-state index contributed by atoms with van der Waals surface area (Å²) in [6.07, 6.45) is 2.98. The van der Waals surface area contributed by atoms with Gasteiger partial charge in [0.05, 0.1) is 17.1 Å². The lowest BCUT2D eigenvalue weighted by Gasteiger charge is -2.38. The number of carboxylic acid groups (broad SMARTS) is 1. The van der Waals surface area contributed by atoms with Gasteiger partial charge in [-0.2, -0.15) is 4.98 Å². The summed E-state index contributed by atoms with van der Waals surface area (Å²) in [5, 5.41) is 16.3. The van der Waals surface area contributed by atoms with Crippen molar-refractivity contribution in [1.82, 2.24) is 19.9 Å². The molecule has 3 aromatic rings. The third kappa shape index (κ3) is 5.52. The van der Waals surface area contributed by atoms with Gasteiger partial charge in [-0.1, -0.05) is 11.6 Å². The van der Waals surface area contributed by atoms with Gasteiger partial charge in [0.1, 0.15) is 5.02 Å². The Labute approximate surface area is 224 Å². The Hall–Kier alpha value is -3.86. The van der Waals surface area contributed by atoms with E-state index in [-0.39, 0.29) is 29.7 Å². The molecule has 0 unspecified atom stereocenters. The van der Waals surface area contributed by atoms with E-state index in [9.17, 15) is 19.5 Å². The maximum atomic E-state index is 12.6. The van der Waals surface area contributed by atoms with Crippen LogP contribution in [0.25, 0.3) is 10.9 Å². The second-order valence-electron chi connectivity index (χ2n) is 9.89. The molecular formula is C26H31ClN6O5. The number of carbonyl (C=O) groups is 2. The number of likely N-dealkylation sites (N-methyl/N-ethyl adjacent to an activating group) is 1. The highest BCUT2D eigenvalue weighted by atomic mass is 35.5. The van der Waals surface area contributed by atoms with Crippen molar-refractivity contribution in [3.05, 3.63) is 45.8 Å². The Morgan fingerprint density at radius 2 is 1.95 bits per heavy atom. The second kappa shape index (κ2) is 10.9. The number of aromatic nitrogens is 3. The van der Waals surface area contributed by atoms with Gasteiger partial charge < -0.3 is 29.9 Å². The molecule has 1 aliphatic rings. The molecule has 3 heterocycles. The predicted octanol–water partition coefficient (Wildman–Crippen LogP) is 3.18. The van der Waals surface area contributed by atoms with Crippen molar-refractivity contribution in [3.8, 4) is 5.75 Å². The lowest BCUT2D eigenvalue weighted by Crippen LogP contribution is -2.42. The van der Waals surface area contributed by atoms with Crippen LogP contribution < -0.4 is 25.8 Å². The van der Waals surface area contributed by atoms with Crippen molar-refractivity contribution in [3.63, 3.8) is 0 Å². The van der Waals surface area contributed by atoms with Crippen LogP contribution in [0, 0.1) is 11.3 Å². The molecule has 0 atom stereocenters. The Kier molecular flexibility index (Phi) is 7.77. The molecule has 1 fully saturated rings. The summed E-state index contributed by atoms with van der Waals surface area (Å²) in [6.45, 7) is 4.57. The number of halogens is 1. The van der Waals surface area contributed by atoms with Gasteiger partial charge in [0.2, 0.25) is 5.95 Å². The SMILES string of the molecule is CNC(=O)COc1cc2cc(Nc3nc(N4CCC(C(C)(C)C(=O)O)CC4)ncc3Cl)ccc2n(C)c1=O. The second-order valence-corrected chi connectivity index (χ2v) is 10.3. The summed E-state index contributed by atoms with van der Waals surface area (Å²) < 4.78 is 6.90. The van der Waals surface area contributed by atoms with E-state index in [0.29, 0.717) is 41.1 Å². The van der Waals surface area contributed by atoms with Crippen molar-refractivity contribution in [2.45, 2.75) is 26.7 Å². The van der Waals surface area contributed by atoms with E-state index < -0.39 is 11.4 Å². The first kappa shape index (κ1) is 27.2.